The number of ether oxygens (including phenoxy) is 1. The minimum Gasteiger partial charge on any atom is -0.478 e. The fourth-order valence-electron chi connectivity index (χ4n) is 1.60. The van der Waals surface area contributed by atoms with E-state index < -0.39 is 5.97 Å². The van der Waals surface area contributed by atoms with Crippen LogP contribution in [0.15, 0.2) is 30.3 Å². The first-order valence-electron chi connectivity index (χ1n) is 6.43. The van der Waals surface area contributed by atoms with Gasteiger partial charge < -0.3 is 15.2 Å². The Labute approximate surface area is 118 Å². The Morgan fingerprint density at radius 3 is 2.55 bits per heavy atom. The molecule has 0 saturated carbocycles. The highest BCUT2D eigenvalue weighted by molar-refractivity contribution is 5.94. The summed E-state index contributed by atoms with van der Waals surface area (Å²) in [5, 5.41) is 11.3. The topological polar surface area (TPSA) is 75.6 Å². The first-order valence-corrected chi connectivity index (χ1v) is 6.43. The SMILES string of the molecule is CCOC(C)CNC(=O)c1ccc(/C=C/C(=O)O)cc1. The predicted molar refractivity (Wildman–Crippen MR) is 76.5 cm³/mol. The summed E-state index contributed by atoms with van der Waals surface area (Å²) < 4.78 is 5.32. The van der Waals surface area contributed by atoms with Crippen molar-refractivity contribution in [3.05, 3.63) is 41.5 Å². The van der Waals surface area contributed by atoms with Crippen molar-refractivity contribution >= 4 is 18.0 Å². The molecule has 5 nitrogen and oxygen atoms in total. The third-order valence-corrected chi connectivity index (χ3v) is 2.59. The number of hydrogen-bond donors (Lipinski definition) is 2. The van der Waals surface area contributed by atoms with Crippen LogP contribution in [0.25, 0.3) is 6.08 Å². The number of benzene rings is 1. The van der Waals surface area contributed by atoms with Crippen molar-refractivity contribution in [2.45, 2.75) is 20.0 Å². The second kappa shape index (κ2) is 8.12. The summed E-state index contributed by atoms with van der Waals surface area (Å²) in [6.45, 7) is 4.86. The summed E-state index contributed by atoms with van der Waals surface area (Å²) >= 11 is 0. The Kier molecular flexibility index (Phi) is 6.46. The van der Waals surface area contributed by atoms with Crippen LogP contribution in [0.3, 0.4) is 0 Å². The highest BCUT2D eigenvalue weighted by atomic mass is 16.5. The Bertz CT molecular complexity index is 479. The summed E-state index contributed by atoms with van der Waals surface area (Å²) in [5.74, 6) is -1.18. The fraction of sp³-hybridized carbons (Fsp3) is 0.333. The Balaban J connectivity index is 2.55. The molecule has 0 aliphatic rings. The maximum absolute atomic E-state index is 11.9. The van der Waals surface area contributed by atoms with Crippen LogP contribution in [0.5, 0.6) is 0 Å². The molecule has 2 N–H and O–H groups in total. The quantitative estimate of drug-likeness (QED) is 0.747. The largest absolute Gasteiger partial charge is 0.478 e. The molecule has 108 valence electrons. The molecule has 0 aromatic heterocycles. The number of carbonyl (C=O) groups is 2. The molecule has 1 aromatic rings. The van der Waals surface area contributed by atoms with Gasteiger partial charge in [-0.1, -0.05) is 12.1 Å². The van der Waals surface area contributed by atoms with Gasteiger partial charge in [-0.15, -0.1) is 0 Å². The van der Waals surface area contributed by atoms with Crippen LogP contribution in [0, 0.1) is 0 Å². The first kappa shape index (κ1) is 15.9. The lowest BCUT2D eigenvalue weighted by molar-refractivity contribution is -0.131. The molecule has 1 rings (SSSR count). The highest BCUT2D eigenvalue weighted by Crippen LogP contribution is 2.06. The van der Waals surface area contributed by atoms with Crippen molar-refractivity contribution in [2.75, 3.05) is 13.2 Å². The van der Waals surface area contributed by atoms with E-state index in [9.17, 15) is 9.59 Å². The molecule has 0 bridgehead atoms. The molecule has 5 heteroatoms. The fourth-order valence-corrected chi connectivity index (χ4v) is 1.60. The van der Waals surface area contributed by atoms with Crippen LogP contribution in [-0.2, 0) is 9.53 Å². The lowest BCUT2D eigenvalue weighted by Crippen LogP contribution is -2.32. The molecule has 20 heavy (non-hydrogen) atoms. The van der Waals surface area contributed by atoms with Gasteiger partial charge in [0.05, 0.1) is 6.10 Å². The minimum atomic E-state index is -1.00. The van der Waals surface area contributed by atoms with Crippen LogP contribution in [0.1, 0.15) is 29.8 Å². The number of nitrogens with one attached hydrogen (secondary N) is 1. The maximum atomic E-state index is 11.9. The molecule has 0 aliphatic heterocycles. The van der Waals surface area contributed by atoms with Crippen LogP contribution >= 0.6 is 0 Å². The van der Waals surface area contributed by atoms with Gasteiger partial charge in [0.2, 0.25) is 0 Å². The zero-order valence-corrected chi connectivity index (χ0v) is 11.6. The first-order chi connectivity index (χ1) is 9.52. The second-order valence-corrected chi connectivity index (χ2v) is 4.27. The van der Waals surface area contributed by atoms with Crippen LogP contribution < -0.4 is 5.32 Å². The standard InChI is InChI=1S/C15H19NO4/c1-3-20-11(2)10-16-15(19)13-7-4-12(5-8-13)6-9-14(17)18/h4-9,11H,3,10H2,1-2H3,(H,16,19)(H,17,18)/b9-6+. The van der Waals surface area contributed by atoms with Gasteiger partial charge in [-0.2, -0.15) is 0 Å². The van der Waals surface area contributed by atoms with Crippen LogP contribution in [-0.4, -0.2) is 36.2 Å². The summed E-state index contributed by atoms with van der Waals surface area (Å²) in [5.41, 5.74) is 1.26. The number of amides is 1. The number of carboxylic acids is 1. The van der Waals surface area contributed by atoms with E-state index in [0.29, 0.717) is 18.7 Å². The van der Waals surface area contributed by atoms with Crippen molar-refractivity contribution in [3.8, 4) is 0 Å². The third kappa shape index (κ3) is 5.67. The van der Waals surface area contributed by atoms with Gasteiger partial charge in [0.25, 0.3) is 5.91 Å². The van der Waals surface area contributed by atoms with Gasteiger partial charge in [-0.3, -0.25) is 4.79 Å². The van der Waals surface area contributed by atoms with Gasteiger partial charge in [0, 0.05) is 24.8 Å². The molecular weight excluding hydrogens is 258 g/mol. The Hall–Kier alpha value is -2.14. The zero-order chi connectivity index (χ0) is 15.0. The van der Waals surface area contributed by atoms with E-state index in [1.165, 1.54) is 6.08 Å². The zero-order valence-electron chi connectivity index (χ0n) is 11.6. The average molecular weight is 277 g/mol. The monoisotopic (exact) mass is 277 g/mol. The van der Waals surface area contributed by atoms with E-state index in [4.69, 9.17) is 9.84 Å². The van der Waals surface area contributed by atoms with Crippen molar-refractivity contribution < 1.29 is 19.4 Å². The number of carboxylic acid groups (broad SMARTS) is 1. The molecule has 0 fully saturated rings. The van der Waals surface area contributed by atoms with E-state index in [1.807, 2.05) is 13.8 Å². The highest BCUT2D eigenvalue weighted by Gasteiger charge is 2.07. The van der Waals surface area contributed by atoms with E-state index >= 15 is 0 Å². The van der Waals surface area contributed by atoms with Crippen molar-refractivity contribution in [2.24, 2.45) is 0 Å². The molecule has 0 heterocycles. The number of rotatable bonds is 7. The van der Waals surface area contributed by atoms with Gasteiger partial charge in [-0.25, -0.2) is 4.79 Å². The minimum absolute atomic E-state index is 0.0262. The normalized spacial score (nSPS) is 12.3. The summed E-state index contributed by atoms with van der Waals surface area (Å²) in [7, 11) is 0. The molecule has 1 atom stereocenters. The van der Waals surface area contributed by atoms with E-state index in [2.05, 4.69) is 5.32 Å². The molecule has 1 amide bonds. The van der Waals surface area contributed by atoms with Gasteiger partial charge in [-0.05, 0) is 37.6 Å². The Morgan fingerprint density at radius 2 is 2.00 bits per heavy atom. The van der Waals surface area contributed by atoms with Crippen molar-refractivity contribution in [1.29, 1.82) is 0 Å². The molecule has 0 saturated heterocycles. The lowest BCUT2D eigenvalue weighted by atomic mass is 10.1. The van der Waals surface area contributed by atoms with E-state index in [1.54, 1.807) is 24.3 Å². The van der Waals surface area contributed by atoms with E-state index in [-0.39, 0.29) is 12.0 Å². The van der Waals surface area contributed by atoms with Crippen LogP contribution in [0.4, 0.5) is 0 Å². The number of carbonyl (C=O) groups excluding carboxylic acids is 1. The van der Waals surface area contributed by atoms with Gasteiger partial charge in [0.1, 0.15) is 0 Å². The summed E-state index contributed by atoms with van der Waals surface area (Å²) in [4.78, 5) is 22.2. The van der Waals surface area contributed by atoms with Crippen LogP contribution in [0.2, 0.25) is 0 Å². The number of aliphatic carboxylic acids is 1. The maximum Gasteiger partial charge on any atom is 0.328 e. The summed E-state index contributed by atoms with van der Waals surface area (Å²) in [6, 6.07) is 6.70. The van der Waals surface area contributed by atoms with Crippen molar-refractivity contribution in [1.82, 2.24) is 5.32 Å². The van der Waals surface area contributed by atoms with Crippen molar-refractivity contribution in [3.63, 3.8) is 0 Å². The molecule has 0 radical (unpaired) electrons. The van der Waals surface area contributed by atoms with Gasteiger partial charge >= 0.3 is 5.97 Å². The Morgan fingerprint density at radius 1 is 1.35 bits per heavy atom. The molecular formula is C15H19NO4. The third-order valence-electron chi connectivity index (χ3n) is 2.59. The molecule has 0 spiro atoms. The smallest absolute Gasteiger partial charge is 0.328 e. The number of hydrogen-bond acceptors (Lipinski definition) is 3. The lowest BCUT2D eigenvalue weighted by Gasteiger charge is -2.12. The molecule has 1 unspecified atom stereocenters. The average Bonchev–Trinajstić information content (AvgIpc) is 2.43. The second-order valence-electron chi connectivity index (χ2n) is 4.27. The van der Waals surface area contributed by atoms with E-state index in [0.717, 1.165) is 11.6 Å². The predicted octanol–water partition coefficient (Wildman–Crippen LogP) is 1.94. The molecule has 0 aliphatic carbocycles. The summed E-state index contributed by atoms with van der Waals surface area (Å²) in [6.07, 6.45) is 2.50. The van der Waals surface area contributed by atoms with Gasteiger partial charge in [0.15, 0.2) is 0 Å². The molecule has 1 aromatic carbocycles.